The molecule has 3 N–H and O–H groups in total. The molecule has 0 aromatic heterocycles. The topological polar surface area (TPSA) is 105 Å². The lowest BCUT2D eigenvalue weighted by Crippen LogP contribution is -2.41. The molecule has 1 unspecified atom stereocenters. The van der Waals surface area contributed by atoms with Crippen molar-refractivity contribution in [3.8, 4) is 0 Å². The Morgan fingerprint density at radius 3 is 2.14 bits per heavy atom. The second kappa shape index (κ2) is 9.17. The molecule has 0 bridgehead atoms. The minimum Gasteiger partial charge on any atom is -0.456 e. The largest absolute Gasteiger partial charge is 0.456 e. The van der Waals surface area contributed by atoms with Crippen molar-refractivity contribution in [1.29, 1.82) is 0 Å². The molecule has 0 aromatic carbocycles. The summed E-state index contributed by atoms with van der Waals surface area (Å²) in [6, 6.07) is 0. The molecule has 0 rings (SSSR count). The van der Waals surface area contributed by atoms with Gasteiger partial charge in [-0.1, -0.05) is 27.4 Å². The summed E-state index contributed by atoms with van der Waals surface area (Å²) in [6.07, 6.45) is 1.43. The molecule has 7 heteroatoms. The van der Waals surface area contributed by atoms with Crippen LogP contribution in [0.5, 0.6) is 0 Å². The van der Waals surface area contributed by atoms with Crippen LogP contribution in [0.2, 0.25) is 0 Å². The van der Waals surface area contributed by atoms with Gasteiger partial charge in [-0.25, -0.2) is 4.79 Å². The highest BCUT2D eigenvalue weighted by atomic mass is 32.2. The highest BCUT2D eigenvalue weighted by Gasteiger charge is 2.37. The molecule has 6 nitrogen and oxygen atoms in total. The van der Waals surface area contributed by atoms with Gasteiger partial charge in [-0.3, -0.25) is 4.18 Å². The molecule has 0 saturated carbocycles. The maximum absolute atomic E-state index is 11.8. The molecule has 0 spiro atoms. The Morgan fingerprint density at radius 1 is 1.29 bits per heavy atom. The summed E-state index contributed by atoms with van der Waals surface area (Å²) in [6.45, 7) is 12.3. The Bertz CT molecular complexity index is 431. The quantitative estimate of drug-likeness (QED) is 0.397. The minimum absolute atomic E-state index is 0. The van der Waals surface area contributed by atoms with E-state index in [9.17, 15) is 13.2 Å². The number of rotatable bonds is 9. The van der Waals surface area contributed by atoms with E-state index in [1.165, 1.54) is 0 Å². The zero-order valence-electron chi connectivity index (χ0n) is 13.7. The van der Waals surface area contributed by atoms with Crippen molar-refractivity contribution < 1.29 is 22.1 Å². The summed E-state index contributed by atoms with van der Waals surface area (Å²) in [5.74, 6) is -0.727. The molecule has 21 heavy (non-hydrogen) atoms. The van der Waals surface area contributed by atoms with E-state index in [0.29, 0.717) is 6.42 Å². The van der Waals surface area contributed by atoms with Gasteiger partial charge < -0.3 is 10.9 Å². The Hall–Kier alpha value is -0.920. The molecule has 0 saturated heterocycles. The van der Waals surface area contributed by atoms with Gasteiger partial charge in [-0.2, -0.15) is 8.42 Å². The number of carbonyl (C=O) groups excluding carboxylic acids is 1. The van der Waals surface area contributed by atoms with E-state index in [2.05, 4.69) is 6.58 Å². The van der Waals surface area contributed by atoms with Crippen LogP contribution in [-0.2, 0) is 23.8 Å². The first-order chi connectivity index (χ1) is 9.08. The maximum atomic E-state index is 11.8. The van der Waals surface area contributed by atoms with E-state index in [1.54, 1.807) is 13.8 Å². The summed E-state index contributed by atoms with van der Waals surface area (Å²) in [5, 5.41) is 0. The van der Waals surface area contributed by atoms with E-state index < -0.39 is 27.8 Å². The smallest absolute Gasteiger partial charge is 0.330 e. The lowest BCUT2D eigenvalue weighted by molar-refractivity contribution is -0.159. The third-order valence-corrected chi connectivity index (χ3v) is 4.62. The average molecular weight is 323 g/mol. The van der Waals surface area contributed by atoms with Crippen LogP contribution in [0.15, 0.2) is 12.7 Å². The van der Waals surface area contributed by atoms with Crippen LogP contribution in [0.4, 0.5) is 0 Å². The van der Waals surface area contributed by atoms with Crippen LogP contribution < -0.4 is 6.15 Å². The fourth-order valence-electron chi connectivity index (χ4n) is 2.00. The average Bonchev–Trinajstić information content (AvgIpc) is 2.32. The monoisotopic (exact) mass is 323 g/mol. The Kier molecular flexibility index (Phi) is 9.76. The van der Waals surface area contributed by atoms with Crippen molar-refractivity contribution in [3.63, 3.8) is 0 Å². The lowest BCUT2D eigenvalue weighted by atomic mass is 9.85. The molecule has 0 aliphatic carbocycles. The first-order valence-electron chi connectivity index (χ1n) is 6.85. The number of ether oxygens (including phenoxy) is 1. The summed E-state index contributed by atoms with van der Waals surface area (Å²) in [4.78, 5) is 11.5. The van der Waals surface area contributed by atoms with Crippen LogP contribution in [0.3, 0.4) is 0 Å². The van der Waals surface area contributed by atoms with Gasteiger partial charge in [0.2, 0.25) is 0 Å². The van der Waals surface area contributed by atoms with Crippen molar-refractivity contribution in [2.24, 2.45) is 5.92 Å². The molecule has 0 fully saturated rings. The highest BCUT2D eigenvalue weighted by molar-refractivity contribution is 7.86. The van der Waals surface area contributed by atoms with Crippen LogP contribution in [0.1, 0.15) is 47.5 Å². The van der Waals surface area contributed by atoms with Crippen LogP contribution >= 0.6 is 0 Å². The van der Waals surface area contributed by atoms with Gasteiger partial charge in [0.25, 0.3) is 10.1 Å². The van der Waals surface area contributed by atoms with E-state index in [-0.39, 0.29) is 24.2 Å². The maximum Gasteiger partial charge on any atom is 0.330 e. The molecule has 0 aliphatic rings. The molecule has 0 aromatic rings. The summed E-state index contributed by atoms with van der Waals surface area (Å²) in [5.41, 5.74) is -0.821. The zero-order chi connectivity index (χ0) is 16.0. The second-order valence-electron chi connectivity index (χ2n) is 5.36. The predicted molar refractivity (Wildman–Crippen MR) is 83.8 cm³/mol. The fraction of sp³-hybridized carbons (Fsp3) is 0.786. The Labute approximate surface area is 128 Å². The first kappa shape index (κ1) is 22.4. The van der Waals surface area contributed by atoms with E-state index in [4.69, 9.17) is 8.92 Å². The normalized spacial score (nSPS) is 14.4. The molecule has 0 heterocycles. The fourth-order valence-corrected chi connectivity index (χ4v) is 3.27. The summed E-state index contributed by atoms with van der Waals surface area (Å²) >= 11 is 0. The van der Waals surface area contributed by atoms with Crippen molar-refractivity contribution in [2.75, 3.05) is 5.75 Å². The summed E-state index contributed by atoms with van der Waals surface area (Å²) < 4.78 is 33.9. The van der Waals surface area contributed by atoms with Crippen molar-refractivity contribution in [3.05, 3.63) is 12.7 Å². The van der Waals surface area contributed by atoms with Crippen molar-refractivity contribution >= 4 is 16.1 Å². The third-order valence-electron chi connectivity index (χ3n) is 3.24. The lowest BCUT2D eigenvalue weighted by Gasteiger charge is -2.36. The van der Waals surface area contributed by atoms with Gasteiger partial charge in [-0.05, 0) is 26.2 Å². The molecule has 0 aliphatic heterocycles. The molecule has 1 atom stereocenters. The number of hydrogen-bond donors (Lipinski definition) is 1. The van der Waals surface area contributed by atoms with Gasteiger partial charge in [0.05, 0.1) is 11.9 Å². The Balaban J connectivity index is 0. The van der Waals surface area contributed by atoms with Crippen LogP contribution in [0.25, 0.3) is 0 Å². The highest BCUT2D eigenvalue weighted by Crippen LogP contribution is 2.31. The van der Waals surface area contributed by atoms with Gasteiger partial charge in [0.15, 0.2) is 0 Å². The van der Waals surface area contributed by atoms with Crippen molar-refractivity contribution in [1.82, 2.24) is 6.15 Å². The molecule has 0 radical (unpaired) electrons. The summed E-state index contributed by atoms with van der Waals surface area (Å²) in [7, 11) is -3.62. The van der Waals surface area contributed by atoms with Crippen LogP contribution in [0, 0.1) is 5.92 Å². The number of hydrogen-bond acceptors (Lipinski definition) is 6. The van der Waals surface area contributed by atoms with Gasteiger partial charge in [-0.15, -0.1) is 0 Å². The number of carbonyl (C=O) groups is 1. The SMILES string of the molecule is C=CC(=O)OC(CC)(CCS(=O)(=O)OC(C)C)C(C)C.N. The van der Waals surface area contributed by atoms with E-state index >= 15 is 0 Å². The zero-order valence-corrected chi connectivity index (χ0v) is 14.5. The molecule has 126 valence electrons. The standard InChI is InChI=1S/C14H26O5S.H3N/c1-7-13(15)18-14(8-2,11(3)4)9-10-20(16,17)19-12(5)6;/h7,11-12H,1,8-10H2,2-6H3;1H3. The van der Waals surface area contributed by atoms with E-state index in [0.717, 1.165) is 6.08 Å². The van der Waals surface area contributed by atoms with Gasteiger partial charge in [0.1, 0.15) is 5.60 Å². The van der Waals surface area contributed by atoms with Gasteiger partial charge in [0, 0.05) is 12.5 Å². The van der Waals surface area contributed by atoms with Crippen molar-refractivity contribution in [2.45, 2.75) is 59.2 Å². The Morgan fingerprint density at radius 2 is 1.81 bits per heavy atom. The van der Waals surface area contributed by atoms with Crippen LogP contribution in [-0.4, -0.2) is 31.8 Å². The predicted octanol–water partition coefficient (Wildman–Crippen LogP) is 2.83. The second-order valence-corrected chi connectivity index (χ2v) is 7.07. The molecular weight excluding hydrogens is 294 g/mol. The third kappa shape index (κ3) is 7.59. The number of esters is 1. The van der Waals surface area contributed by atoms with Gasteiger partial charge >= 0.3 is 5.97 Å². The minimum atomic E-state index is -3.62. The first-order valence-corrected chi connectivity index (χ1v) is 8.42. The molecular formula is C14H29NO5S. The van der Waals surface area contributed by atoms with E-state index in [1.807, 2.05) is 20.8 Å². The molecule has 0 amide bonds.